The molecule has 1 heterocycles. The van der Waals surface area contributed by atoms with Crippen molar-refractivity contribution in [2.45, 2.75) is 19.1 Å². The van der Waals surface area contributed by atoms with Crippen LogP contribution in [0.25, 0.3) is 0 Å². The van der Waals surface area contributed by atoms with Gasteiger partial charge >= 0.3 is 0 Å². The molecule has 1 amide bonds. The first-order valence-corrected chi connectivity index (χ1v) is 7.50. The lowest BCUT2D eigenvalue weighted by Crippen LogP contribution is -2.49. The van der Waals surface area contributed by atoms with Crippen LogP contribution in [-0.4, -0.2) is 46.5 Å². The number of ether oxygens (including phenoxy) is 1. The molecule has 1 aromatic carbocycles. The van der Waals surface area contributed by atoms with Gasteiger partial charge in [-0.3, -0.25) is 4.79 Å². The zero-order chi connectivity index (χ0) is 14.0. The molecule has 0 aromatic heterocycles. The first-order chi connectivity index (χ1) is 9.01. The summed E-state index contributed by atoms with van der Waals surface area (Å²) in [7, 11) is 0. The Morgan fingerprint density at radius 1 is 1.58 bits per heavy atom. The monoisotopic (exact) mass is 347 g/mol. The van der Waals surface area contributed by atoms with Gasteiger partial charge < -0.3 is 14.7 Å². The van der Waals surface area contributed by atoms with Gasteiger partial charge in [0, 0.05) is 24.0 Å². The van der Waals surface area contributed by atoms with Crippen molar-refractivity contribution in [1.29, 1.82) is 0 Å². The second-order valence-electron chi connectivity index (χ2n) is 4.60. The number of carbonyl (C=O) groups is 1. The minimum atomic E-state index is -0.0944. The molecule has 0 saturated carbocycles. The average Bonchev–Trinajstić information content (AvgIpc) is 2.40. The molecule has 0 bridgehead atoms. The van der Waals surface area contributed by atoms with Crippen LogP contribution in [0.1, 0.15) is 17.3 Å². The maximum Gasteiger partial charge on any atom is 0.254 e. The fourth-order valence-electron chi connectivity index (χ4n) is 2.12. The first-order valence-electron chi connectivity index (χ1n) is 6.00. The van der Waals surface area contributed by atoms with E-state index in [1.807, 2.05) is 6.92 Å². The van der Waals surface area contributed by atoms with Crippen LogP contribution in [-0.2, 0) is 4.74 Å². The molecule has 0 spiro atoms. The van der Waals surface area contributed by atoms with Gasteiger partial charge in [0.25, 0.3) is 5.91 Å². The van der Waals surface area contributed by atoms with E-state index in [2.05, 4.69) is 15.9 Å². The number of phenolic OH excluding ortho intramolecular Hbond substituents is 1. The highest BCUT2D eigenvalue weighted by Crippen LogP contribution is 2.25. The molecule has 2 rings (SSSR count). The number of benzene rings is 1. The Labute approximate surface area is 125 Å². The van der Waals surface area contributed by atoms with Crippen LogP contribution in [0.3, 0.4) is 0 Å². The molecule has 1 N–H and O–H groups in total. The van der Waals surface area contributed by atoms with Crippen LogP contribution in [0.4, 0.5) is 0 Å². The smallest absolute Gasteiger partial charge is 0.254 e. The molecule has 2 atom stereocenters. The summed E-state index contributed by atoms with van der Waals surface area (Å²) in [5.74, 6) is -0.116. The van der Waals surface area contributed by atoms with E-state index in [1.54, 1.807) is 11.0 Å². The molecular weight excluding hydrogens is 334 g/mol. The molecular formula is C13H15BrClNO3. The van der Waals surface area contributed by atoms with Crippen molar-refractivity contribution in [2.75, 3.05) is 18.4 Å². The molecule has 104 valence electrons. The second-order valence-corrected chi connectivity index (χ2v) is 5.65. The summed E-state index contributed by atoms with van der Waals surface area (Å²) >= 11 is 9.20. The van der Waals surface area contributed by atoms with Crippen LogP contribution in [0.15, 0.2) is 18.2 Å². The van der Waals surface area contributed by atoms with E-state index in [-0.39, 0.29) is 28.9 Å². The second kappa shape index (κ2) is 6.11. The van der Waals surface area contributed by atoms with Crippen LogP contribution in [0, 0.1) is 0 Å². The van der Waals surface area contributed by atoms with Gasteiger partial charge in [0.15, 0.2) is 0 Å². The standard InChI is InChI=1S/C13H15BrClNO3/c1-8-6-16(7-10(5-14)19-8)13(18)9-2-3-12(17)11(15)4-9/h2-4,8,10,17H,5-7H2,1H3. The molecule has 1 aliphatic rings. The Morgan fingerprint density at radius 2 is 2.32 bits per heavy atom. The van der Waals surface area contributed by atoms with Crippen molar-refractivity contribution in [3.63, 3.8) is 0 Å². The minimum absolute atomic E-state index is 0.000266. The number of aromatic hydroxyl groups is 1. The zero-order valence-corrected chi connectivity index (χ0v) is 12.8. The van der Waals surface area contributed by atoms with Crippen LogP contribution in [0.2, 0.25) is 5.02 Å². The highest BCUT2D eigenvalue weighted by atomic mass is 79.9. The highest BCUT2D eigenvalue weighted by Gasteiger charge is 2.28. The number of halogens is 2. The third-order valence-corrected chi connectivity index (χ3v) is 4.01. The number of alkyl halides is 1. The Morgan fingerprint density at radius 3 is 2.95 bits per heavy atom. The first kappa shape index (κ1) is 14.6. The third-order valence-electron chi connectivity index (χ3n) is 2.98. The number of nitrogens with zero attached hydrogens (tertiary/aromatic N) is 1. The fourth-order valence-corrected chi connectivity index (χ4v) is 2.66. The van der Waals surface area contributed by atoms with Crippen molar-refractivity contribution in [3.05, 3.63) is 28.8 Å². The van der Waals surface area contributed by atoms with Gasteiger partial charge in [0.2, 0.25) is 0 Å². The SMILES string of the molecule is CC1CN(C(=O)c2ccc(O)c(Cl)c2)CC(CBr)O1. The largest absolute Gasteiger partial charge is 0.506 e. The van der Waals surface area contributed by atoms with Crippen molar-refractivity contribution >= 4 is 33.4 Å². The van der Waals surface area contributed by atoms with E-state index in [9.17, 15) is 9.90 Å². The van der Waals surface area contributed by atoms with Gasteiger partial charge in [-0.05, 0) is 25.1 Å². The number of rotatable bonds is 2. The van der Waals surface area contributed by atoms with Crippen LogP contribution >= 0.6 is 27.5 Å². The predicted molar refractivity (Wildman–Crippen MR) is 77.1 cm³/mol. The quantitative estimate of drug-likeness (QED) is 0.836. The Kier molecular flexibility index (Phi) is 4.71. The maximum atomic E-state index is 12.4. The number of carbonyl (C=O) groups excluding carboxylic acids is 1. The molecule has 19 heavy (non-hydrogen) atoms. The lowest BCUT2D eigenvalue weighted by molar-refractivity contribution is -0.0559. The van der Waals surface area contributed by atoms with E-state index in [1.165, 1.54) is 12.1 Å². The summed E-state index contributed by atoms with van der Waals surface area (Å²) in [5.41, 5.74) is 0.477. The zero-order valence-electron chi connectivity index (χ0n) is 10.5. The van der Waals surface area contributed by atoms with Gasteiger partial charge in [0.05, 0.1) is 17.2 Å². The Balaban J connectivity index is 2.16. The topological polar surface area (TPSA) is 49.8 Å². The van der Waals surface area contributed by atoms with E-state index >= 15 is 0 Å². The van der Waals surface area contributed by atoms with Crippen molar-refractivity contribution in [3.8, 4) is 5.75 Å². The molecule has 0 aliphatic carbocycles. The number of phenols is 1. The third kappa shape index (κ3) is 3.41. The minimum Gasteiger partial charge on any atom is -0.506 e. The van der Waals surface area contributed by atoms with Crippen molar-refractivity contribution in [2.24, 2.45) is 0 Å². The lowest BCUT2D eigenvalue weighted by atomic mass is 10.1. The predicted octanol–water partition coefficient (Wildman–Crippen LogP) is 2.67. The molecule has 1 fully saturated rings. The Bertz CT molecular complexity index is 483. The number of hydrogen-bond donors (Lipinski definition) is 1. The normalized spacial score (nSPS) is 23.4. The van der Waals surface area contributed by atoms with E-state index < -0.39 is 0 Å². The van der Waals surface area contributed by atoms with Crippen molar-refractivity contribution < 1.29 is 14.6 Å². The van der Waals surface area contributed by atoms with E-state index in [4.69, 9.17) is 16.3 Å². The lowest BCUT2D eigenvalue weighted by Gasteiger charge is -2.36. The summed E-state index contributed by atoms with van der Waals surface area (Å²) < 4.78 is 5.69. The van der Waals surface area contributed by atoms with Crippen LogP contribution in [0.5, 0.6) is 5.75 Å². The van der Waals surface area contributed by atoms with E-state index in [0.29, 0.717) is 24.0 Å². The average molecular weight is 349 g/mol. The summed E-state index contributed by atoms with van der Waals surface area (Å²) in [6, 6.07) is 4.50. The maximum absolute atomic E-state index is 12.4. The molecule has 0 radical (unpaired) electrons. The highest BCUT2D eigenvalue weighted by molar-refractivity contribution is 9.09. The molecule has 2 unspecified atom stereocenters. The fraction of sp³-hybridized carbons (Fsp3) is 0.462. The molecule has 6 heteroatoms. The number of morpholine rings is 1. The Hall–Kier alpha value is -0.780. The molecule has 1 aliphatic heterocycles. The number of amides is 1. The van der Waals surface area contributed by atoms with Gasteiger partial charge in [-0.15, -0.1) is 0 Å². The summed E-state index contributed by atoms with van der Waals surface area (Å²) in [6.07, 6.45) is 0.00752. The summed E-state index contributed by atoms with van der Waals surface area (Å²) in [5, 5.41) is 10.3. The van der Waals surface area contributed by atoms with Gasteiger partial charge in [0.1, 0.15) is 5.75 Å². The van der Waals surface area contributed by atoms with Gasteiger partial charge in [-0.2, -0.15) is 0 Å². The van der Waals surface area contributed by atoms with Gasteiger partial charge in [-0.1, -0.05) is 27.5 Å². The molecule has 4 nitrogen and oxygen atoms in total. The molecule has 1 aromatic rings. The molecule has 1 saturated heterocycles. The van der Waals surface area contributed by atoms with Crippen LogP contribution < -0.4 is 0 Å². The summed E-state index contributed by atoms with van der Waals surface area (Å²) in [6.45, 7) is 3.05. The van der Waals surface area contributed by atoms with Crippen molar-refractivity contribution in [1.82, 2.24) is 4.90 Å². The van der Waals surface area contributed by atoms with Gasteiger partial charge in [-0.25, -0.2) is 0 Å². The number of hydrogen-bond acceptors (Lipinski definition) is 3. The summed E-state index contributed by atoms with van der Waals surface area (Å²) in [4.78, 5) is 14.1. The van der Waals surface area contributed by atoms with E-state index in [0.717, 1.165) is 0 Å².